The molecule has 1 fully saturated rings. The fraction of sp³-hybridized carbons (Fsp3) is 0.600. The van der Waals surface area contributed by atoms with Crippen molar-refractivity contribution >= 4 is 35.4 Å². The van der Waals surface area contributed by atoms with Gasteiger partial charge in [0.15, 0.2) is 5.82 Å². The number of hydrogen-bond acceptors (Lipinski definition) is 6. The molecule has 2 N–H and O–H groups in total. The molecule has 1 aliphatic heterocycles. The summed E-state index contributed by atoms with van der Waals surface area (Å²) in [5, 5.41) is 15.5. The van der Waals surface area contributed by atoms with Gasteiger partial charge < -0.3 is 19.8 Å². The number of nitrogens with one attached hydrogen (secondary N) is 1. The average molecular weight is 355 g/mol. The molecule has 2 amide bonds. The van der Waals surface area contributed by atoms with Crippen molar-refractivity contribution in [3.63, 3.8) is 0 Å². The van der Waals surface area contributed by atoms with Gasteiger partial charge in [-0.1, -0.05) is 12.1 Å². The minimum atomic E-state index is -0.973. The third-order valence-electron chi connectivity index (χ3n) is 3.82. The Labute approximate surface area is 143 Å². The van der Waals surface area contributed by atoms with Crippen LogP contribution >= 0.6 is 11.8 Å². The monoisotopic (exact) mass is 355 g/mol. The van der Waals surface area contributed by atoms with Gasteiger partial charge in [-0.3, -0.25) is 9.59 Å². The number of aromatic nitrogens is 1. The van der Waals surface area contributed by atoms with E-state index < -0.39 is 12.0 Å². The highest BCUT2D eigenvalue weighted by molar-refractivity contribution is 8.00. The molecular weight excluding hydrogens is 334 g/mol. The summed E-state index contributed by atoms with van der Waals surface area (Å²) in [7, 11) is 0. The maximum Gasteiger partial charge on any atom is 0.326 e. The van der Waals surface area contributed by atoms with Crippen LogP contribution in [0, 0.1) is 12.8 Å². The number of aryl methyl sites for hydroxylation is 1. The highest BCUT2D eigenvalue weighted by Gasteiger charge is 2.34. The fourth-order valence-electron chi connectivity index (χ4n) is 2.59. The number of anilines is 1. The molecule has 2 heterocycles. The largest absolute Gasteiger partial charge is 0.480 e. The summed E-state index contributed by atoms with van der Waals surface area (Å²) in [5.41, 5.74) is 0. The first kappa shape index (κ1) is 18.3. The van der Waals surface area contributed by atoms with E-state index in [1.165, 1.54) is 4.90 Å². The van der Waals surface area contributed by atoms with Crippen molar-refractivity contribution in [2.24, 2.45) is 5.92 Å². The first-order valence-corrected chi connectivity index (χ1v) is 8.85. The van der Waals surface area contributed by atoms with Crippen molar-refractivity contribution < 1.29 is 24.0 Å². The van der Waals surface area contributed by atoms with Crippen LogP contribution in [0.5, 0.6) is 0 Å². The molecule has 0 bridgehead atoms. The standard InChI is InChI=1S/C15H21N3O5S/c1-9-3-4-18(11(5-9)15(21)22)14(20)8-24-7-13(19)16-12-6-10(2)23-17-12/h6,9,11H,3-5,7-8H2,1-2H3,(H,21,22)(H,16,17,19). The summed E-state index contributed by atoms with van der Waals surface area (Å²) in [6.45, 7) is 4.15. The molecule has 2 atom stereocenters. The Hall–Kier alpha value is -2.03. The van der Waals surface area contributed by atoms with E-state index in [9.17, 15) is 19.5 Å². The second-order valence-electron chi connectivity index (χ2n) is 5.93. The predicted molar refractivity (Wildman–Crippen MR) is 88.7 cm³/mol. The molecule has 1 aromatic heterocycles. The summed E-state index contributed by atoms with van der Waals surface area (Å²) in [6, 6.07) is 0.828. The third-order valence-corrected chi connectivity index (χ3v) is 4.74. The minimum absolute atomic E-state index is 0.0728. The van der Waals surface area contributed by atoms with Gasteiger partial charge in [0.05, 0.1) is 11.5 Å². The average Bonchev–Trinajstić information content (AvgIpc) is 2.91. The zero-order valence-corrected chi connectivity index (χ0v) is 14.5. The number of piperidine rings is 1. The van der Waals surface area contributed by atoms with Crippen LogP contribution in [0.15, 0.2) is 10.6 Å². The fourth-order valence-corrected chi connectivity index (χ4v) is 3.29. The van der Waals surface area contributed by atoms with Crippen LogP contribution in [0.2, 0.25) is 0 Å². The van der Waals surface area contributed by atoms with Gasteiger partial charge in [0.1, 0.15) is 11.8 Å². The molecular formula is C15H21N3O5S. The van der Waals surface area contributed by atoms with Crippen molar-refractivity contribution in [3.05, 3.63) is 11.8 Å². The number of carboxylic acids is 1. The van der Waals surface area contributed by atoms with Crippen LogP contribution in [-0.4, -0.2) is 57.0 Å². The van der Waals surface area contributed by atoms with Gasteiger partial charge in [-0.05, 0) is 25.7 Å². The van der Waals surface area contributed by atoms with E-state index in [0.717, 1.165) is 18.2 Å². The highest BCUT2D eigenvalue weighted by atomic mass is 32.2. The molecule has 24 heavy (non-hydrogen) atoms. The Kier molecular flexibility index (Phi) is 6.24. The molecule has 1 aliphatic rings. The quantitative estimate of drug-likeness (QED) is 0.792. The topological polar surface area (TPSA) is 113 Å². The summed E-state index contributed by atoms with van der Waals surface area (Å²) in [6.07, 6.45) is 1.27. The molecule has 8 nitrogen and oxygen atoms in total. The number of rotatable bonds is 6. The van der Waals surface area contributed by atoms with E-state index in [2.05, 4.69) is 10.5 Å². The van der Waals surface area contributed by atoms with Gasteiger partial charge in [0.25, 0.3) is 0 Å². The molecule has 0 radical (unpaired) electrons. The van der Waals surface area contributed by atoms with Gasteiger partial charge in [-0.15, -0.1) is 11.8 Å². The molecule has 2 unspecified atom stereocenters. The lowest BCUT2D eigenvalue weighted by Crippen LogP contribution is -2.50. The SMILES string of the molecule is Cc1cc(NC(=O)CSCC(=O)N2CCC(C)CC2C(=O)O)no1. The lowest BCUT2D eigenvalue weighted by molar-refractivity contribution is -0.151. The highest BCUT2D eigenvalue weighted by Crippen LogP contribution is 2.23. The lowest BCUT2D eigenvalue weighted by atomic mass is 9.92. The summed E-state index contributed by atoms with van der Waals surface area (Å²) >= 11 is 1.15. The summed E-state index contributed by atoms with van der Waals surface area (Å²) in [5.74, 6) is -0.137. The van der Waals surface area contributed by atoms with E-state index in [0.29, 0.717) is 30.5 Å². The number of likely N-dealkylation sites (tertiary alicyclic amines) is 1. The molecule has 0 aliphatic carbocycles. The number of carbonyl (C=O) groups excluding carboxylic acids is 2. The Morgan fingerprint density at radius 2 is 2.21 bits per heavy atom. The van der Waals surface area contributed by atoms with Crippen LogP contribution in [-0.2, 0) is 14.4 Å². The van der Waals surface area contributed by atoms with Gasteiger partial charge in [0.2, 0.25) is 11.8 Å². The zero-order chi connectivity index (χ0) is 17.7. The van der Waals surface area contributed by atoms with E-state index >= 15 is 0 Å². The van der Waals surface area contributed by atoms with E-state index in [1.54, 1.807) is 13.0 Å². The number of aliphatic carboxylic acids is 1. The first-order valence-electron chi connectivity index (χ1n) is 7.70. The molecule has 132 valence electrons. The smallest absolute Gasteiger partial charge is 0.326 e. The Balaban J connectivity index is 1.77. The van der Waals surface area contributed by atoms with Crippen molar-refractivity contribution in [3.8, 4) is 0 Å². The molecule has 9 heteroatoms. The van der Waals surface area contributed by atoms with Crippen LogP contribution < -0.4 is 5.32 Å². The number of hydrogen-bond donors (Lipinski definition) is 2. The van der Waals surface area contributed by atoms with Crippen LogP contribution in [0.25, 0.3) is 0 Å². The Morgan fingerprint density at radius 3 is 2.83 bits per heavy atom. The molecule has 2 rings (SSSR count). The second kappa shape index (κ2) is 8.18. The van der Waals surface area contributed by atoms with Crippen molar-refractivity contribution in [1.29, 1.82) is 0 Å². The second-order valence-corrected chi connectivity index (χ2v) is 6.92. The summed E-state index contributed by atoms with van der Waals surface area (Å²) < 4.78 is 4.84. The maximum absolute atomic E-state index is 12.2. The van der Waals surface area contributed by atoms with E-state index in [-0.39, 0.29) is 23.3 Å². The molecule has 1 saturated heterocycles. The van der Waals surface area contributed by atoms with E-state index in [4.69, 9.17) is 4.52 Å². The maximum atomic E-state index is 12.2. The minimum Gasteiger partial charge on any atom is -0.480 e. The number of thioether (sulfide) groups is 1. The van der Waals surface area contributed by atoms with Crippen LogP contribution in [0.3, 0.4) is 0 Å². The molecule has 1 aromatic rings. The van der Waals surface area contributed by atoms with E-state index in [1.807, 2.05) is 6.92 Å². The predicted octanol–water partition coefficient (Wildman–Crippen LogP) is 1.37. The number of carboxylic acid groups (broad SMARTS) is 1. The first-order chi connectivity index (χ1) is 11.4. The number of carbonyl (C=O) groups is 3. The van der Waals surface area contributed by atoms with Crippen molar-refractivity contribution in [2.75, 3.05) is 23.4 Å². The van der Waals surface area contributed by atoms with Gasteiger partial charge >= 0.3 is 5.97 Å². The third kappa shape index (κ3) is 4.98. The van der Waals surface area contributed by atoms with Crippen molar-refractivity contribution in [1.82, 2.24) is 10.1 Å². The van der Waals surface area contributed by atoms with Crippen molar-refractivity contribution in [2.45, 2.75) is 32.7 Å². The Bertz CT molecular complexity index is 618. The number of nitrogens with zero attached hydrogens (tertiary/aromatic N) is 2. The van der Waals surface area contributed by atoms with Gasteiger partial charge in [-0.25, -0.2) is 4.79 Å². The lowest BCUT2D eigenvalue weighted by Gasteiger charge is -2.36. The molecule has 0 spiro atoms. The number of amides is 2. The normalized spacial score (nSPS) is 20.7. The van der Waals surface area contributed by atoms with Gasteiger partial charge in [0, 0.05) is 12.6 Å². The molecule has 0 saturated carbocycles. The Morgan fingerprint density at radius 1 is 1.46 bits per heavy atom. The summed E-state index contributed by atoms with van der Waals surface area (Å²) in [4.78, 5) is 36.7. The van der Waals surface area contributed by atoms with Crippen LogP contribution in [0.4, 0.5) is 5.82 Å². The van der Waals surface area contributed by atoms with Gasteiger partial charge in [-0.2, -0.15) is 0 Å². The molecule has 0 aromatic carbocycles. The zero-order valence-electron chi connectivity index (χ0n) is 13.7. The van der Waals surface area contributed by atoms with Crippen LogP contribution in [0.1, 0.15) is 25.5 Å².